The predicted octanol–water partition coefficient (Wildman–Crippen LogP) is 12.5. The molecule has 56 heavy (non-hydrogen) atoms. The van der Waals surface area contributed by atoms with Gasteiger partial charge in [0.25, 0.3) is 0 Å². The number of benzene rings is 8. The number of aromatic nitrogens is 1. The molecule has 0 bridgehead atoms. The van der Waals surface area contributed by atoms with E-state index < -0.39 is 0 Å². The number of hydrogen-bond acceptors (Lipinski definition) is 4. The van der Waals surface area contributed by atoms with Crippen molar-refractivity contribution in [3.05, 3.63) is 211 Å². The van der Waals surface area contributed by atoms with E-state index in [4.69, 9.17) is 14.4 Å². The molecular formula is C51H34N4O. The van der Waals surface area contributed by atoms with Crippen LogP contribution in [0, 0.1) is 0 Å². The predicted molar refractivity (Wildman–Crippen MR) is 231 cm³/mol. The number of nitrogens with zero attached hydrogens (tertiary/aromatic N) is 3. The Bertz CT molecular complexity index is 3150. The number of hydrogen-bond donors (Lipinski definition) is 1. The van der Waals surface area contributed by atoms with Gasteiger partial charge in [0.05, 0.1) is 11.0 Å². The zero-order valence-electron chi connectivity index (χ0n) is 30.3. The van der Waals surface area contributed by atoms with Gasteiger partial charge in [-0.2, -0.15) is 0 Å². The number of amidine groups is 2. The molecule has 2 aromatic heterocycles. The van der Waals surface area contributed by atoms with Crippen molar-refractivity contribution in [2.45, 2.75) is 6.17 Å². The van der Waals surface area contributed by atoms with E-state index in [0.29, 0.717) is 5.84 Å². The lowest BCUT2D eigenvalue weighted by atomic mass is 10.0. The quantitative estimate of drug-likeness (QED) is 0.186. The number of aliphatic imine (C=N–C) groups is 2. The van der Waals surface area contributed by atoms with Gasteiger partial charge in [0.15, 0.2) is 5.84 Å². The third kappa shape index (κ3) is 5.40. The van der Waals surface area contributed by atoms with Crippen molar-refractivity contribution in [2.75, 3.05) is 0 Å². The number of fused-ring (bicyclic) bond motifs is 6. The van der Waals surface area contributed by atoms with Crippen LogP contribution in [0.5, 0.6) is 0 Å². The van der Waals surface area contributed by atoms with Crippen molar-refractivity contribution in [3.63, 3.8) is 0 Å². The van der Waals surface area contributed by atoms with Crippen LogP contribution in [-0.4, -0.2) is 16.2 Å². The smallest absolute Gasteiger partial charge is 0.159 e. The number of para-hydroxylation sites is 3. The molecule has 1 unspecified atom stereocenters. The van der Waals surface area contributed by atoms with Gasteiger partial charge in [0.2, 0.25) is 0 Å². The summed E-state index contributed by atoms with van der Waals surface area (Å²) in [6.45, 7) is 0. The lowest BCUT2D eigenvalue weighted by Crippen LogP contribution is -2.33. The van der Waals surface area contributed by atoms with Crippen LogP contribution in [0.4, 0.5) is 0 Å². The largest absolute Gasteiger partial charge is 0.455 e. The van der Waals surface area contributed by atoms with E-state index in [1.165, 1.54) is 16.3 Å². The molecule has 5 nitrogen and oxygen atoms in total. The first-order chi connectivity index (χ1) is 27.7. The first-order valence-corrected chi connectivity index (χ1v) is 18.9. The lowest BCUT2D eigenvalue weighted by Gasteiger charge is -2.24. The minimum atomic E-state index is -0.250. The van der Waals surface area contributed by atoms with Gasteiger partial charge in [-0.25, -0.2) is 9.98 Å². The molecule has 264 valence electrons. The molecule has 1 atom stereocenters. The summed E-state index contributed by atoms with van der Waals surface area (Å²) in [5.74, 6) is 1.51. The van der Waals surface area contributed by atoms with Crippen LogP contribution in [0.25, 0.3) is 71.7 Å². The SMILES string of the molecule is c1ccc(C2=NC(c3ccccc3)NC(c3cccc(-c4ccc(-n5c6ccccc6c6ccc(-c7cccc8c7oc7ccccc78)cc65)cc4)c3)=N2)cc1. The summed E-state index contributed by atoms with van der Waals surface area (Å²) in [4.78, 5) is 10.1. The van der Waals surface area contributed by atoms with Crippen LogP contribution < -0.4 is 5.32 Å². The van der Waals surface area contributed by atoms with Crippen LogP contribution in [0.2, 0.25) is 0 Å². The fraction of sp³-hybridized carbons (Fsp3) is 0.0196. The summed E-state index contributed by atoms with van der Waals surface area (Å²) in [6.07, 6.45) is -0.250. The van der Waals surface area contributed by atoms with E-state index in [1.807, 2.05) is 48.5 Å². The van der Waals surface area contributed by atoms with Gasteiger partial charge >= 0.3 is 0 Å². The maximum absolute atomic E-state index is 6.45. The number of rotatable bonds is 6. The fourth-order valence-electron chi connectivity index (χ4n) is 8.16. The standard InChI is InChI=1S/C51H34N4O/c1-3-13-34(14-4-1)49-52-50(35-15-5-2-6-16-35)54-51(53-49)38-18-11-17-36(31-38)33-25-28-39(29-26-33)55-45-23-9-7-19-41(45)42-30-27-37(32-46(42)55)40-21-12-22-44-43-20-8-10-24-47(43)56-48(40)44/h1-32,49H,(H,52,53,54). The van der Waals surface area contributed by atoms with Crippen LogP contribution in [-0.2, 0) is 0 Å². The summed E-state index contributed by atoms with van der Waals surface area (Å²) in [5, 5.41) is 8.31. The topological polar surface area (TPSA) is 54.8 Å². The lowest BCUT2D eigenvalue weighted by molar-refractivity contribution is 0.670. The number of nitrogens with one attached hydrogen (secondary N) is 1. The molecule has 0 saturated heterocycles. The van der Waals surface area contributed by atoms with Gasteiger partial charge in [-0.15, -0.1) is 0 Å². The minimum absolute atomic E-state index is 0.250. The molecule has 0 aliphatic carbocycles. The molecule has 11 rings (SSSR count). The number of furan rings is 1. The molecule has 3 heterocycles. The summed E-state index contributed by atoms with van der Waals surface area (Å²) in [5.41, 5.74) is 12.8. The molecular weight excluding hydrogens is 685 g/mol. The zero-order valence-corrected chi connectivity index (χ0v) is 30.3. The van der Waals surface area contributed by atoms with E-state index in [1.54, 1.807) is 0 Å². The highest BCUT2D eigenvalue weighted by atomic mass is 16.3. The summed E-state index contributed by atoms with van der Waals surface area (Å²) in [7, 11) is 0. The fourth-order valence-corrected chi connectivity index (χ4v) is 8.16. The highest BCUT2D eigenvalue weighted by Crippen LogP contribution is 2.39. The summed E-state index contributed by atoms with van der Waals surface area (Å²) < 4.78 is 8.83. The molecule has 0 saturated carbocycles. The van der Waals surface area contributed by atoms with Gasteiger partial charge in [-0.1, -0.05) is 158 Å². The van der Waals surface area contributed by atoms with Crippen molar-refractivity contribution in [3.8, 4) is 27.9 Å². The highest BCUT2D eigenvalue weighted by Gasteiger charge is 2.22. The van der Waals surface area contributed by atoms with Crippen molar-refractivity contribution in [1.29, 1.82) is 0 Å². The minimum Gasteiger partial charge on any atom is -0.455 e. The molecule has 0 radical (unpaired) electrons. The normalized spacial score (nSPS) is 14.2. The van der Waals surface area contributed by atoms with Gasteiger partial charge < -0.3 is 14.3 Å². The first kappa shape index (κ1) is 32.0. The van der Waals surface area contributed by atoms with Gasteiger partial charge in [-0.05, 0) is 58.7 Å². The second-order valence-electron chi connectivity index (χ2n) is 14.2. The van der Waals surface area contributed by atoms with Crippen LogP contribution >= 0.6 is 0 Å². The van der Waals surface area contributed by atoms with Gasteiger partial charge in [-0.3, -0.25) is 0 Å². The van der Waals surface area contributed by atoms with Gasteiger partial charge in [0.1, 0.15) is 23.2 Å². The Morgan fingerprint density at radius 3 is 1.98 bits per heavy atom. The first-order valence-electron chi connectivity index (χ1n) is 18.9. The molecule has 1 aliphatic heterocycles. The Balaban J connectivity index is 0.974. The third-order valence-corrected chi connectivity index (χ3v) is 10.9. The molecule has 10 aromatic rings. The summed E-state index contributed by atoms with van der Waals surface area (Å²) in [6, 6.07) is 68.1. The third-order valence-electron chi connectivity index (χ3n) is 10.9. The molecule has 1 aliphatic rings. The maximum atomic E-state index is 6.45. The Kier molecular flexibility index (Phi) is 7.49. The van der Waals surface area contributed by atoms with Crippen molar-refractivity contribution >= 4 is 55.4 Å². The molecule has 0 fully saturated rings. The second-order valence-corrected chi connectivity index (χ2v) is 14.2. The van der Waals surface area contributed by atoms with E-state index in [9.17, 15) is 0 Å². The van der Waals surface area contributed by atoms with Crippen LogP contribution in [0.3, 0.4) is 0 Å². The Hall–Kier alpha value is -7.50. The van der Waals surface area contributed by atoms with Crippen molar-refractivity contribution in [2.24, 2.45) is 9.98 Å². The van der Waals surface area contributed by atoms with Crippen LogP contribution in [0.1, 0.15) is 22.9 Å². The van der Waals surface area contributed by atoms with Crippen molar-refractivity contribution in [1.82, 2.24) is 9.88 Å². The molecule has 8 aromatic carbocycles. The monoisotopic (exact) mass is 718 g/mol. The summed E-state index contributed by atoms with van der Waals surface area (Å²) >= 11 is 0. The Labute approximate surface area is 323 Å². The zero-order chi connectivity index (χ0) is 37.0. The molecule has 1 N–H and O–H groups in total. The average Bonchev–Trinajstić information content (AvgIpc) is 3.83. The average molecular weight is 719 g/mol. The van der Waals surface area contributed by atoms with E-state index in [-0.39, 0.29) is 6.17 Å². The van der Waals surface area contributed by atoms with Crippen LogP contribution in [0.15, 0.2) is 209 Å². The van der Waals surface area contributed by atoms with Gasteiger partial charge in [0, 0.05) is 43.9 Å². The van der Waals surface area contributed by atoms with E-state index in [0.717, 1.165) is 77.9 Å². The highest BCUT2D eigenvalue weighted by molar-refractivity contribution is 6.14. The van der Waals surface area contributed by atoms with E-state index >= 15 is 0 Å². The second kappa shape index (κ2) is 13.1. The Morgan fingerprint density at radius 1 is 0.464 bits per heavy atom. The Morgan fingerprint density at radius 2 is 1.12 bits per heavy atom. The van der Waals surface area contributed by atoms with Crippen molar-refractivity contribution < 1.29 is 4.42 Å². The molecule has 0 amide bonds. The molecule has 5 heteroatoms. The molecule has 0 spiro atoms. The van der Waals surface area contributed by atoms with E-state index in [2.05, 4.69) is 155 Å². The maximum Gasteiger partial charge on any atom is 0.159 e.